The van der Waals surface area contributed by atoms with Crippen molar-refractivity contribution in [2.45, 2.75) is 17.2 Å². The van der Waals surface area contributed by atoms with Gasteiger partial charge < -0.3 is 10.5 Å². The van der Waals surface area contributed by atoms with Crippen LogP contribution in [0.25, 0.3) is 23.0 Å². The van der Waals surface area contributed by atoms with Crippen molar-refractivity contribution in [3.63, 3.8) is 0 Å². The predicted octanol–water partition coefficient (Wildman–Crippen LogP) is 4.23. The van der Waals surface area contributed by atoms with Crippen molar-refractivity contribution in [1.29, 1.82) is 0 Å². The highest BCUT2D eigenvalue weighted by Crippen LogP contribution is 2.38. The summed E-state index contributed by atoms with van der Waals surface area (Å²) in [5.74, 6) is -1.40. The molecule has 1 amide bonds. The molecule has 0 spiro atoms. The van der Waals surface area contributed by atoms with E-state index in [0.717, 1.165) is 12.3 Å². The van der Waals surface area contributed by atoms with Gasteiger partial charge in [0.1, 0.15) is 0 Å². The highest BCUT2D eigenvalue weighted by molar-refractivity contribution is 7.89. The SMILES string of the molecule is NC(=O)/C(=C/c1ccnc(-c2cc(C(F)(F)F)cc(C(F)(F)F)c2)n1)c1ccc(S(=O)(=O)N2CCOCC2)cc1. The summed E-state index contributed by atoms with van der Waals surface area (Å²) in [7, 11) is -3.81. The van der Waals surface area contributed by atoms with E-state index in [4.69, 9.17) is 10.5 Å². The van der Waals surface area contributed by atoms with Crippen molar-refractivity contribution in [2.75, 3.05) is 26.3 Å². The van der Waals surface area contributed by atoms with Gasteiger partial charge in [-0.05, 0) is 48.0 Å². The van der Waals surface area contributed by atoms with Crippen LogP contribution < -0.4 is 5.73 Å². The number of sulfonamides is 1. The number of hydrogen-bond acceptors (Lipinski definition) is 6. The number of halogens is 6. The van der Waals surface area contributed by atoms with Crippen molar-refractivity contribution in [3.8, 4) is 11.4 Å². The summed E-state index contributed by atoms with van der Waals surface area (Å²) in [6.07, 6.45) is -7.86. The number of aromatic nitrogens is 2. The van der Waals surface area contributed by atoms with Crippen molar-refractivity contribution in [3.05, 3.63) is 77.1 Å². The normalized spacial score (nSPS) is 15.7. The van der Waals surface area contributed by atoms with Gasteiger partial charge in [-0.25, -0.2) is 18.4 Å². The Bertz CT molecular complexity index is 1520. The van der Waals surface area contributed by atoms with Crippen LogP contribution in [0, 0.1) is 0 Å². The van der Waals surface area contributed by atoms with Crippen LogP contribution in [0.3, 0.4) is 0 Å². The zero-order valence-corrected chi connectivity index (χ0v) is 21.1. The zero-order chi connectivity index (χ0) is 29.3. The first-order valence-electron chi connectivity index (χ1n) is 11.5. The number of nitrogens with two attached hydrogens (primary N) is 1. The molecule has 1 aromatic heterocycles. The summed E-state index contributed by atoms with van der Waals surface area (Å²) in [6.45, 7) is 0.876. The molecule has 40 heavy (non-hydrogen) atoms. The molecule has 1 saturated heterocycles. The fraction of sp³-hybridized carbons (Fsp3) is 0.240. The molecule has 15 heteroatoms. The average Bonchev–Trinajstić information content (AvgIpc) is 2.91. The minimum Gasteiger partial charge on any atom is -0.379 e. The molecule has 2 heterocycles. The molecule has 1 aliphatic heterocycles. The standard InChI is InChI=1S/C25H20F6N4O4S/c26-24(27,28)17-11-16(12-18(13-17)25(29,30)31)23-33-6-5-19(34-23)14-21(22(32)36)15-1-3-20(4-2-15)40(37,38)35-7-9-39-10-8-35/h1-6,11-14H,7-10H2,(H2,32,36)/b21-14+. The molecule has 2 N–H and O–H groups in total. The molecular formula is C25H20F6N4O4S. The van der Waals surface area contributed by atoms with Crippen LogP contribution in [-0.2, 0) is 31.9 Å². The largest absolute Gasteiger partial charge is 0.416 e. The van der Waals surface area contributed by atoms with E-state index in [1.165, 1.54) is 34.6 Å². The Hall–Kier alpha value is -3.82. The summed E-state index contributed by atoms with van der Waals surface area (Å²) in [4.78, 5) is 20.0. The molecule has 0 unspecified atom stereocenters. The fourth-order valence-corrected chi connectivity index (χ4v) is 5.27. The number of ether oxygens (including phenoxy) is 1. The van der Waals surface area contributed by atoms with Crippen LogP contribution in [0.15, 0.2) is 59.6 Å². The zero-order valence-electron chi connectivity index (χ0n) is 20.3. The third-order valence-corrected chi connectivity index (χ3v) is 7.77. The van der Waals surface area contributed by atoms with Crippen LogP contribution in [0.1, 0.15) is 22.4 Å². The highest BCUT2D eigenvalue weighted by Gasteiger charge is 2.37. The second kappa shape index (κ2) is 11.0. The average molecular weight is 587 g/mol. The Labute approximate surface area is 224 Å². The van der Waals surface area contributed by atoms with Gasteiger partial charge in [-0.1, -0.05) is 12.1 Å². The lowest BCUT2D eigenvalue weighted by Crippen LogP contribution is -2.40. The van der Waals surface area contributed by atoms with E-state index >= 15 is 0 Å². The second-order valence-corrected chi connectivity index (χ2v) is 10.5. The number of carbonyl (C=O) groups is 1. The molecule has 1 fully saturated rings. The second-order valence-electron chi connectivity index (χ2n) is 8.56. The van der Waals surface area contributed by atoms with E-state index in [0.29, 0.717) is 12.1 Å². The van der Waals surface area contributed by atoms with Gasteiger partial charge >= 0.3 is 12.4 Å². The first-order valence-corrected chi connectivity index (χ1v) is 12.9. The summed E-state index contributed by atoms with van der Waals surface area (Å²) in [6, 6.07) is 7.47. The lowest BCUT2D eigenvalue weighted by Gasteiger charge is -2.26. The first kappa shape index (κ1) is 29.2. The fourth-order valence-electron chi connectivity index (χ4n) is 3.86. The van der Waals surface area contributed by atoms with Gasteiger partial charge in [0.2, 0.25) is 15.9 Å². The molecule has 0 radical (unpaired) electrons. The minimum atomic E-state index is -5.06. The maximum absolute atomic E-state index is 13.3. The van der Waals surface area contributed by atoms with Gasteiger partial charge in [-0.2, -0.15) is 30.6 Å². The summed E-state index contributed by atoms with van der Waals surface area (Å²) >= 11 is 0. The Morgan fingerprint density at radius 3 is 2.02 bits per heavy atom. The molecule has 212 valence electrons. The van der Waals surface area contributed by atoms with E-state index in [1.807, 2.05) is 0 Å². The number of rotatable bonds is 6. The quantitative estimate of drug-likeness (QED) is 0.342. The van der Waals surface area contributed by atoms with E-state index < -0.39 is 50.8 Å². The van der Waals surface area contributed by atoms with E-state index in [-0.39, 0.29) is 54.1 Å². The van der Waals surface area contributed by atoms with E-state index in [1.54, 1.807) is 0 Å². The van der Waals surface area contributed by atoms with Crippen LogP contribution >= 0.6 is 0 Å². The monoisotopic (exact) mass is 586 g/mol. The Balaban J connectivity index is 1.70. The lowest BCUT2D eigenvalue weighted by molar-refractivity contribution is -0.143. The number of primary amides is 1. The van der Waals surface area contributed by atoms with Crippen molar-refractivity contribution >= 4 is 27.6 Å². The molecule has 0 saturated carbocycles. The maximum atomic E-state index is 13.3. The van der Waals surface area contributed by atoms with Crippen molar-refractivity contribution in [2.24, 2.45) is 5.73 Å². The number of amides is 1. The minimum absolute atomic E-state index is 0.0125. The van der Waals surface area contributed by atoms with Crippen molar-refractivity contribution in [1.82, 2.24) is 14.3 Å². The summed E-state index contributed by atoms with van der Waals surface area (Å²) in [5.41, 5.74) is 1.90. The highest BCUT2D eigenvalue weighted by atomic mass is 32.2. The van der Waals surface area contributed by atoms with Gasteiger partial charge in [0.25, 0.3) is 0 Å². The van der Waals surface area contributed by atoms with Gasteiger partial charge in [0, 0.05) is 30.4 Å². The number of morpholine rings is 1. The molecule has 1 aliphatic rings. The summed E-state index contributed by atoms with van der Waals surface area (Å²) in [5, 5.41) is 0. The molecule has 0 aliphatic carbocycles. The lowest BCUT2D eigenvalue weighted by atomic mass is 10.0. The Kier molecular flexibility index (Phi) is 8.01. The van der Waals surface area contributed by atoms with Crippen LogP contribution in [-0.4, -0.2) is 54.9 Å². The number of carbonyl (C=O) groups excluding carboxylic acids is 1. The summed E-state index contributed by atoms with van der Waals surface area (Å²) < 4.78 is 112. The molecular weight excluding hydrogens is 566 g/mol. The molecule has 3 aromatic rings. The molecule has 4 rings (SSSR count). The molecule has 0 atom stereocenters. The molecule has 0 bridgehead atoms. The third kappa shape index (κ3) is 6.48. The topological polar surface area (TPSA) is 115 Å². The first-order chi connectivity index (χ1) is 18.7. The number of alkyl halides is 6. The van der Waals surface area contributed by atoms with Crippen LogP contribution in [0.2, 0.25) is 0 Å². The molecule has 8 nitrogen and oxygen atoms in total. The third-order valence-electron chi connectivity index (χ3n) is 5.85. The maximum Gasteiger partial charge on any atom is 0.416 e. The predicted molar refractivity (Wildman–Crippen MR) is 131 cm³/mol. The molecule has 2 aromatic carbocycles. The number of nitrogens with zero attached hydrogens (tertiary/aromatic N) is 3. The Morgan fingerprint density at radius 1 is 0.925 bits per heavy atom. The number of hydrogen-bond donors (Lipinski definition) is 1. The van der Waals surface area contributed by atoms with Crippen LogP contribution in [0.4, 0.5) is 26.3 Å². The van der Waals surface area contributed by atoms with Gasteiger partial charge in [0.05, 0.1) is 34.9 Å². The van der Waals surface area contributed by atoms with E-state index in [2.05, 4.69) is 9.97 Å². The Morgan fingerprint density at radius 2 is 1.50 bits per heavy atom. The van der Waals surface area contributed by atoms with Gasteiger partial charge in [-0.15, -0.1) is 0 Å². The number of benzene rings is 2. The van der Waals surface area contributed by atoms with Gasteiger partial charge in [0.15, 0.2) is 5.82 Å². The smallest absolute Gasteiger partial charge is 0.379 e. The van der Waals surface area contributed by atoms with E-state index in [9.17, 15) is 39.6 Å². The van der Waals surface area contributed by atoms with Crippen LogP contribution in [0.5, 0.6) is 0 Å². The van der Waals surface area contributed by atoms with Gasteiger partial charge in [-0.3, -0.25) is 4.79 Å². The van der Waals surface area contributed by atoms with Crippen molar-refractivity contribution < 1.29 is 44.3 Å².